The summed E-state index contributed by atoms with van der Waals surface area (Å²) in [6.45, 7) is 3.12. The number of benzene rings is 1. The fourth-order valence-electron chi connectivity index (χ4n) is 4.19. The first-order valence-corrected chi connectivity index (χ1v) is 12.2. The summed E-state index contributed by atoms with van der Waals surface area (Å²) in [7, 11) is 3.69. The number of rotatable bonds is 8. The van der Waals surface area contributed by atoms with Gasteiger partial charge in [-0.1, -0.05) is 36.2 Å². The Morgan fingerprint density at radius 1 is 1.15 bits per heavy atom. The highest BCUT2D eigenvalue weighted by Gasteiger charge is 2.46. The number of carbonyl (C=O) groups excluding carboxylic acids is 2. The van der Waals surface area contributed by atoms with Crippen molar-refractivity contribution in [3.63, 3.8) is 0 Å². The monoisotopic (exact) mass is 494 g/mol. The van der Waals surface area contributed by atoms with Gasteiger partial charge in [0, 0.05) is 37.5 Å². The van der Waals surface area contributed by atoms with Crippen molar-refractivity contribution >= 4 is 34.9 Å². The van der Waals surface area contributed by atoms with Crippen LogP contribution in [0.4, 0.5) is 0 Å². The quantitative estimate of drug-likeness (QED) is 0.308. The lowest BCUT2D eigenvalue weighted by molar-refractivity contribution is -0.733. The number of ether oxygens (including phenoxy) is 1. The van der Waals surface area contributed by atoms with E-state index in [1.165, 1.54) is 6.38 Å². The van der Waals surface area contributed by atoms with Crippen LogP contribution in [0.3, 0.4) is 0 Å². The number of halogens is 2. The summed E-state index contributed by atoms with van der Waals surface area (Å²) >= 11 is 11.2. The normalized spacial score (nSPS) is 18.0. The maximum atomic E-state index is 13.2. The molecule has 0 saturated heterocycles. The Morgan fingerprint density at radius 3 is 2.55 bits per heavy atom. The molecule has 180 valence electrons. The van der Waals surface area contributed by atoms with Crippen LogP contribution in [0, 0.1) is 0 Å². The highest BCUT2D eigenvalue weighted by Crippen LogP contribution is 2.42. The molecular formula is C25H34Cl2N3O3+. The Balaban J connectivity index is 0.00000187. The summed E-state index contributed by atoms with van der Waals surface area (Å²) in [4.78, 5) is 29.2. The number of hydrogen-bond acceptors (Lipinski definition) is 4. The van der Waals surface area contributed by atoms with E-state index in [1.54, 1.807) is 24.2 Å². The summed E-state index contributed by atoms with van der Waals surface area (Å²) < 4.78 is 7.79. The Bertz CT molecular complexity index is 941. The van der Waals surface area contributed by atoms with Gasteiger partial charge in [0.2, 0.25) is 0 Å². The van der Waals surface area contributed by atoms with Gasteiger partial charge in [-0.05, 0) is 44.5 Å². The molecule has 1 unspecified atom stereocenters. The van der Waals surface area contributed by atoms with Crippen LogP contribution in [0.15, 0.2) is 48.8 Å². The average Bonchev–Trinajstić information content (AvgIpc) is 2.85. The number of aromatic nitrogens is 1. The molecule has 1 heterocycles. The number of pyridine rings is 1. The van der Waals surface area contributed by atoms with Gasteiger partial charge in [0.1, 0.15) is 17.8 Å². The molecule has 1 saturated carbocycles. The van der Waals surface area contributed by atoms with Gasteiger partial charge in [0.15, 0.2) is 18.2 Å². The van der Waals surface area contributed by atoms with E-state index in [9.17, 15) is 9.59 Å². The van der Waals surface area contributed by atoms with Gasteiger partial charge >= 0.3 is 0 Å². The molecule has 1 atom stereocenters. The average molecular weight is 495 g/mol. The van der Waals surface area contributed by atoms with Crippen LogP contribution < -0.4 is 4.57 Å². The zero-order valence-corrected chi connectivity index (χ0v) is 21.4. The smallest absolute Gasteiger partial charge is 0.259 e. The van der Waals surface area contributed by atoms with E-state index in [4.69, 9.17) is 16.3 Å². The first-order chi connectivity index (χ1) is 15.9. The van der Waals surface area contributed by atoms with E-state index in [2.05, 4.69) is 11.6 Å². The fraction of sp³-hybridized carbons (Fsp3) is 0.480. The fourth-order valence-corrected chi connectivity index (χ4v) is 4.48. The van der Waals surface area contributed by atoms with Gasteiger partial charge in [0.25, 0.3) is 12.6 Å². The minimum absolute atomic E-state index is 0.0283. The molecule has 3 rings (SSSR count). The number of Topliss-reactive ketones (excluding diaryl/α,β-unsaturated/α-hetero) is 1. The molecule has 1 aromatic carbocycles. The maximum Gasteiger partial charge on any atom is 0.259 e. The molecule has 8 heteroatoms. The second kappa shape index (κ2) is 13.0. The second-order valence-electron chi connectivity index (χ2n) is 8.06. The predicted molar refractivity (Wildman–Crippen MR) is 131 cm³/mol. The predicted octanol–water partition coefficient (Wildman–Crippen LogP) is 4.48. The van der Waals surface area contributed by atoms with Crippen molar-refractivity contribution < 1.29 is 18.9 Å². The van der Waals surface area contributed by atoms with E-state index in [-0.39, 0.29) is 25.2 Å². The molecular weight excluding hydrogens is 461 g/mol. The van der Waals surface area contributed by atoms with Crippen molar-refractivity contribution in [2.24, 2.45) is 0 Å². The van der Waals surface area contributed by atoms with Crippen molar-refractivity contribution in [2.75, 3.05) is 33.8 Å². The van der Waals surface area contributed by atoms with Crippen LogP contribution in [-0.4, -0.2) is 55.2 Å². The molecule has 1 aromatic heterocycles. The molecule has 0 bridgehead atoms. The summed E-state index contributed by atoms with van der Waals surface area (Å²) in [5.41, 5.74) is 0.678. The molecule has 1 amide bonds. The maximum absolute atomic E-state index is 13.2. The molecule has 0 aliphatic heterocycles. The lowest BCUT2D eigenvalue weighted by Crippen LogP contribution is -2.53. The molecule has 2 aromatic rings. The lowest BCUT2D eigenvalue weighted by atomic mass is 9.74. The molecule has 1 fully saturated rings. The number of ketones is 1. The standard InChI is InChI=1S/C24H31ClN3O3.CH3Cl/c1-4-26(2)23(30)19-10-9-15-28(16-19)18-31-17-27(3)24(14-8-7-13-22(24)29)20-11-5-6-12-21(20)25;1-2/h5-6,9-12,15-16H,4,7-8,13-14,17-18H2,1-3H3;1H3/q+1;. The van der Waals surface area contributed by atoms with Gasteiger partial charge in [-0.15, -0.1) is 11.6 Å². The van der Waals surface area contributed by atoms with Gasteiger partial charge in [-0.3, -0.25) is 14.5 Å². The van der Waals surface area contributed by atoms with E-state index in [1.807, 2.05) is 60.0 Å². The third kappa shape index (κ3) is 6.33. The second-order valence-corrected chi connectivity index (χ2v) is 8.46. The van der Waals surface area contributed by atoms with Crippen molar-refractivity contribution in [1.82, 2.24) is 9.80 Å². The van der Waals surface area contributed by atoms with Crippen molar-refractivity contribution in [3.05, 3.63) is 64.9 Å². The molecule has 6 nitrogen and oxygen atoms in total. The number of carbonyl (C=O) groups is 2. The summed E-state index contributed by atoms with van der Waals surface area (Å²) in [5.74, 6) is 0.153. The Hall–Kier alpha value is -1.99. The van der Waals surface area contributed by atoms with Crippen LogP contribution in [0.1, 0.15) is 48.5 Å². The third-order valence-electron chi connectivity index (χ3n) is 6.08. The van der Waals surface area contributed by atoms with Crippen LogP contribution in [-0.2, 0) is 21.8 Å². The van der Waals surface area contributed by atoms with E-state index >= 15 is 0 Å². The number of likely N-dealkylation sites (N-methyl/N-ethyl adjacent to an activating group) is 1. The Kier molecular flexibility index (Phi) is 10.8. The lowest BCUT2D eigenvalue weighted by Gasteiger charge is -2.43. The van der Waals surface area contributed by atoms with E-state index in [0.717, 1.165) is 24.8 Å². The van der Waals surface area contributed by atoms with Gasteiger partial charge < -0.3 is 9.64 Å². The minimum atomic E-state index is -0.775. The first kappa shape index (κ1) is 27.3. The highest BCUT2D eigenvalue weighted by molar-refractivity contribution is 6.31. The Morgan fingerprint density at radius 2 is 1.88 bits per heavy atom. The van der Waals surface area contributed by atoms with Crippen LogP contribution >= 0.6 is 23.2 Å². The molecule has 0 N–H and O–H groups in total. The zero-order valence-electron chi connectivity index (χ0n) is 19.9. The first-order valence-electron chi connectivity index (χ1n) is 11.1. The topological polar surface area (TPSA) is 53.7 Å². The summed E-state index contributed by atoms with van der Waals surface area (Å²) in [5, 5.41) is 0.602. The highest BCUT2D eigenvalue weighted by atomic mass is 35.5. The molecule has 1 aliphatic carbocycles. The third-order valence-corrected chi connectivity index (χ3v) is 6.41. The van der Waals surface area contributed by atoms with Gasteiger partial charge in [-0.25, -0.2) is 0 Å². The van der Waals surface area contributed by atoms with Crippen LogP contribution in [0.25, 0.3) is 0 Å². The van der Waals surface area contributed by atoms with Crippen molar-refractivity contribution in [1.29, 1.82) is 0 Å². The van der Waals surface area contributed by atoms with Crippen LogP contribution in [0.5, 0.6) is 0 Å². The number of alkyl halides is 1. The molecule has 0 spiro atoms. The number of hydrogen-bond donors (Lipinski definition) is 0. The number of amides is 1. The number of nitrogens with zero attached hydrogens (tertiary/aromatic N) is 3. The summed E-state index contributed by atoms with van der Waals surface area (Å²) in [6.07, 6.45) is 8.24. The molecule has 33 heavy (non-hydrogen) atoms. The van der Waals surface area contributed by atoms with Gasteiger partial charge in [-0.2, -0.15) is 4.57 Å². The van der Waals surface area contributed by atoms with Crippen molar-refractivity contribution in [2.45, 2.75) is 44.9 Å². The molecule has 0 radical (unpaired) electrons. The van der Waals surface area contributed by atoms with E-state index < -0.39 is 5.54 Å². The zero-order chi connectivity index (χ0) is 24.4. The Labute approximate surface area is 207 Å². The van der Waals surface area contributed by atoms with Crippen molar-refractivity contribution in [3.8, 4) is 0 Å². The van der Waals surface area contributed by atoms with Gasteiger partial charge in [0.05, 0.1) is 0 Å². The van der Waals surface area contributed by atoms with Crippen LogP contribution in [0.2, 0.25) is 5.02 Å². The van der Waals surface area contributed by atoms with E-state index in [0.29, 0.717) is 23.6 Å². The summed E-state index contributed by atoms with van der Waals surface area (Å²) in [6, 6.07) is 11.2. The minimum Gasteiger partial charge on any atom is -0.342 e. The molecule has 1 aliphatic rings. The largest absolute Gasteiger partial charge is 0.342 e. The SMILES string of the molecule is CCN(C)C(=O)c1ccc[n+](COCN(C)C2(c3ccccc3Cl)CCCCC2=O)c1.CCl.